The fraction of sp³-hybridized carbons (Fsp3) is 0.526. The van der Waals surface area contributed by atoms with Crippen molar-refractivity contribution >= 4 is 29.9 Å². The van der Waals surface area contributed by atoms with E-state index in [-0.39, 0.29) is 29.4 Å². The Morgan fingerprint density at radius 1 is 1.33 bits per heavy atom. The molecule has 5 heteroatoms. The monoisotopic (exact) mass is 441 g/mol. The molecule has 0 unspecified atom stereocenters. The van der Waals surface area contributed by atoms with Gasteiger partial charge in [-0.25, -0.2) is 0 Å². The molecule has 0 heterocycles. The number of nitrogens with one attached hydrogen (secondary N) is 2. The molecule has 1 aromatic carbocycles. The van der Waals surface area contributed by atoms with Crippen molar-refractivity contribution in [2.24, 2.45) is 4.99 Å². The number of nitrogens with zero attached hydrogens (tertiary/aromatic N) is 1. The van der Waals surface area contributed by atoms with Gasteiger partial charge in [-0.3, -0.25) is 4.99 Å². The largest absolute Gasteiger partial charge is 0.497 e. The Balaban J connectivity index is 0.00000288. The Morgan fingerprint density at radius 3 is 2.71 bits per heavy atom. The van der Waals surface area contributed by atoms with E-state index in [9.17, 15) is 0 Å². The summed E-state index contributed by atoms with van der Waals surface area (Å²) in [5, 5.41) is 6.41. The van der Waals surface area contributed by atoms with Gasteiger partial charge in [-0.1, -0.05) is 30.9 Å². The molecule has 1 aliphatic rings. The Hall–Kier alpha value is -1.42. The van der Waals surface area contributed by atoms with Gasteiger partial charge < -0.3 is 15.4 Å². The summed E-state index contributed by atoms with van der Waals surface area (Å²) in [7, 11) is 1.71. The summed E-state index contributed by atoms with van der Waals surface area (Å²) in [6, 6.07) is 8.42. The summed E-state index contributed by atoms with van der Waals surface area (Å²) in [6.07, 6.45) is 10.2. The predicted molar refractivity (Wildman–Crippen MR) is 111 cm³/mol. The van der Waals surface area contributed by atoms with Gasteiger partial charge in [-0.2, -0.15) is 0 Å². The molecule has 0 saturated heterocycles. The van der Waals surface area contributed by atoms with Crippen LogP contribution in [0.4, 0.5) is 0 Å². The van der Waals surface area contributed by atoms with Crippen LogP contribution in [-0.4, -0.2) is 32.7 Å². The van der Waals surface area contributed by atoms with E-state index in [1.54, 1.807) is 7.11 Å². The maximum Gasteiger partial charge on any atom is 0.192 e. The smallest absolute Gasteiger partial charge is 0.192 e. The highest BCUT2D eigenvalue weighted by molar-refractivity contribution is 14.0. The van der Waals surface area contributed by atoms with Gasteiger partial charge in [0.2, 0.25) is 0 Å². The molecule has 0 aliphatic heterocycles. The van der Waals surface area contributed by atoms with Gasteiger partial charge in [0.05, 0.1) is 20.2 Å². The minimum Gasteiger partial charge on any atom is -0.497 e. The van der Waals surface area contributed by atoms with Crippen LogP contribution >= 0.6 is 24.0 Å². The minimum atomic E-state index is 0. The zero-order chi connectivity index (χ0) is 16.5. The van der Waals surface area contributed by atoms with E-state index in [0.29, 0.717) is 6.54 Å². The molecule has 0 amide bonds. The highest BCUT2D eigenvalue weighted by Crippen LogP contribution is 2.42. The molecule has 24 heavy (non-hydrogen) atoms. The molecule has 1 aromatic rings. The average Bonchev–Trinajstić information content (AvgIpc) is 3.07. The number of aliphatic imine (C=N–C) groups is 1. The molecule has 0 radical (unpaired) electrons. The highest BCUT2D eigenvalue weighted by atomic mass is 127. The molecule has 1 aliphatic carbocycles. The van der Waals surface area contributed by atoms with E-state index in [4.69, 9.17) is 16.2 Å². The number of ether oxygens (including phenoxy) is 1. The summed E-state index contributed by atoms with van der Waals surface area (Å²) >= 11 is 0. The molecular weight excluding hydrogens is 413 g/mol. The third-order valence-electron chi connectivity index (χ3n) is 4.48. The summed E-state index contributed by atoms with van der Waals surface area (Å²) in [4.78, 5) is 4.80. The first-order valence-electron chi connectivity index (χ1n) is 8.34. The first-order valence-corrected chi connectivity index (χ1v) is 8.34. The van der Waals surface area contributed by atoms with Crippen LogP contribution in [0.5, 0.6) is 5.75 Å². The van der Waals surface area contributed by atoms with Gasteiger partial charge in [-0.15, -0.1) is 30.4 Å². The van der Waals surface area contributed by atoms with Crippen LogP contribution in [-0.2, 0) is 5.41 Å². The molecule has 1 fully saturated rings. The van der Waals surface area contributed by atoms with E-state index < -0.39 is 0 Å². The van der Waals surface area contributed by atoms with Gasteiger partial charge in [-0.05, 0) is 37.5 Å². The number of hydrogen-bond donors (Lipinski definition) is 2. The number of methoxy groups -OCH3 is 1. The lowest BCUT2D eigenvalue weighted by atomic mass is 9.79. The number of guanidine groups is 1. The molecule has 2 N–H and O–H groups in total. The van der Waals surface area contributed by atoms with Crippen molar-refractivity contribution in [3.05, 3.63) is 29.8 Å². The molecule has 4 nitrogen and oxygen atoms in total. The van der Waals surface area contributed by atoms with Crippen LogP contribution in [0.1, 0.15) is 38.2 Å². The first-order chi connectivity index (χ1) is 11.2. The van der Waals surface area contributed by atoms with E-state index >= 15 is 0 Å². The van der Waals surface area contributed by atoms with Crippen molar-refractivity contribution in [2.75, 3.05) is 26.7 Å². The molecule has 0 atom stereocenters. The van der Waals surface area contributed by atoms with Gasteiger partial charge in [0.25, 0.3) is 0 Å². The topological polar surface area (TPSA) is 45.7 Å². The molecule has 0 spiro atoms. The van der Waals surface area contributed by atoms with Crippen LogP contribution in [0, 0.1) is 12.3 Å². The van der Waals surface area contributed by atoms with Crippen molar-refractivity contribution in [1.82, 2.24) is 10.6 Å². The second-order valence-corrected chi connectivity index (χ2v) is 5.97. The summed E-state index contributed by atoms with van der Waals surface area (Å²) in [5.74, 6) is 4.30. The quantitative estimate of drug-likeness (QED) is 0.308. The first kappa shape index (κ1) is 20.6. The van der Waals surface area contributed by atoms with Gasteiger partial charge >= 0.3 is 0 Å². The Morgan fingerprint density at radius 2 is 2.08 bits per heavy atom. The van der Waals surface area contributed by atoms with E-state index in [2.05, 4.69) is 41.7 Å². The summed E-state index contributed by atoms with van der Waals surface area (Å²) in [5.41, 5.74) is 1.43. The molecule has 2 rings (SSSR count). The fourth-order valence-corrected chi connectivity index (χ4v) is 3.25. The maximum atomic E-state index is 5.39. The van der Waals surface area contributed by atoms with Crippen molar-refractivity contribution in [1.29, 1.82) is 0 Å². The van der Waals surface area contributed by atoms with E-state index in [1.807, 2.05) is 6.07 Å². The standard InChI is InChI=1S/C19H27N3O.HI/c1-4-13-21-18(20-5-2)22-15-19(11-6-7-12-19)16-9-8-10-17(14-16)23-3;/h1,8-10,14H,5-7,11-13,15H2,2-3H3,(H2,20,21,22);1H. The Bertz CT molecular complexity index is 574. The number of hydrogen-bond acceptors (Lipinski definition) is 2. The molecule has 132 valence electrons. The highest BCUT2D eigenvalue weighted by Gasteiger charge is 2.35. The van der Waals surface area contributed by atoms with Crippen LogP contribution in [0.25, 0.3) is 0 Å². The SMILES string of the molecule is C#CCNC(=NCC1(c2cccc(OC)c2)CCCC1)NCC.I. The normalized spacial score (nSPS) is 16.0. The fourth-order valence-electron chi connectivity index (χ4n) is 3.25. The summed E-state index contributed by atoms with van der Waals surface area (Å²) < 4.78 is 5.39. The van der Waals surface area contributed by atoms with E-state index in [0.717, 1.165) is 37.6 Å². The lowest BCUT2D eigenvalue weighted by Crippen LogP contribution is -2.39. The van der Waals surface area contributed by atoms with Gasteiger partial charge in [0, 0.05) is 12.0 Å². The van der Waals surface area contributed by atoms with Crippen LogP contribution in [0.2, 0.25) is 0 Å². The third kappa shape index (κ3) is 5.30. The minimum absolute atomic E-state index is 0. The zero-order valence-corrected chi connectivity index (χ0v) is 16.9. The van der Waals surface area contributed by atoms with Gasteiger partial charge in [0.1, 0.15) is 5.75 Å². The maximum absolute atomic E-state index is 5.39. The molecular formula is C19H28IN3O. The van der Waals surface area contributed by atoms with Gasteiger partial charge in [0.15, 0.2) is 5.96 Å². The third-order valence-corrected chi connectivity index (χ3v) is 4.48. The zero-order valence-electron chi connectivity index (χ0n) is 14.6. The summed E-state index contributed by atoms with van der Waals surface area (Å²) in [6.45, 7) is 4.13. The second-order valence-electron chi connectivity index (χ2n) is 5.97. The van der Waals surface area contributed by atoms with Crippen molar-refractivity contribution in [3.63, 3.8) is 0 Å². The number of halogens is 1. The lowest BCUT2D eigenvalue weighted by molar-refractivity contribution is 0.407. The number of rotatable bonds is 6. The molecule has 0 bridgehead atoms. The van der Waals surface area contributed by atoms with Crippen molar-refractivity contribution in [2.45, 2.75) is 38.0 Å². The van der Waals surface area contributed by atoms with Crippen LogP contribution in [0.3, 0.4) is 0 Å². The van der Waals surface area contributed by atoms with E-state index in [1.165, 1.54) is 18.4 Å². The Labute approximate surface area is 162 Å². The molecule has 1 saturated carbocycles. The predicted octanol–water partition coefficient (Wildman–Crippen LogP) is 3.31. The van der Waals surface area contributed by atoms with Crippen LogP contribution < -0.4 is 15.4 Å². The van der Waals surface area contributed by atoms with Crippen molar-refractivity contribution in [3.8, 4) is 18.1 Å². The second kappa shape index (κ2) is 10.4. The lowest BCUT2D eigenvalue weighted by Gasteiger charge is -2.28. The van der Waals surface area contributed by atoms with Crippen molar-refractivity contribution < 1.29 is 4.74 Å². The average molecular weight is 441 g/mol. The van der Waals surface area contributed by atoms with Crippen LogP contribution in [0.15, 0.2) is 29.3 Å². The molecule has 0 aromatic heterocycles. The number of terminal acetylenes is 1. The number of benzene rings is 1. The Kier molecular flexibility index (Phi) is 8.98.